The van der Waals surface area contributed by atoms with Crippen LogP contribution < -0.4 is 4.74 Å². The first kappa shape index (κ1) is 17.1. The van der Waals surface area contributed by atoms with Crippen LogP contribution in [0.3, 0.4) is 0 Å². The van der Waals surface area contributed by atoms with Crippen molar-refractivity contribution in [3.8, 4) is 5.75 Å². The molecule has 7 nitrogen and oxygen atoms in total. The van der Waals surface area contributed by atoms with E-state index in [1.54, 1.807) is 23.0 Å². The van der Waals surface area contributed by atoms with Crippen molar-refractivity contribution in [2.24, 2.45) is 0 Å². The lowest BCUT2D eigenvalue weighted by atomic mass is 9.94. The maximum atomic E-state index is 13.8. The van der Waals surface area contributed by atoms with Crippen LogP contribution in [0.15, 0.2) is 28.8 Å². The number of benzene rings is 1. The van der Waals surface area contributed by atoms with E-state index >= 15 is 0 Å². The highest BCUT2D eigenvalue weighted by atomic mass is 19.1. The highest BCUT2D eigenvalue weighted by Gasteiger charge is 2.20. The molecule has 132 valence electrons. The largest absolute Gasteiger partial charge is 0.494 e. The van der Waals surface area contributed by atoms with Gasteiger partial charge in [-0.15, -0.1) is 5.10 Å². The molecule has 0 bridgehead atoms. The fourth-order valence-corrected chi connectivity index (χ4v) is 2.33. The van der Waals surface area contributed by atoms with Crippen molar-refractivity contribution in [2.45, 2.75) is 39.2 Å². The van der Waals surface area contributed by atoms with Crippen LogP contribution in [0.25, 0.3) is 0 Å². The third kappa shape index (κ3) is 3.84. The van der Waals surface area contributed by atoms with Gasteiger partial charge in [0.1, 0.15) is 12.3 Å². The molecule has 0 saturated carbocycles. The van der Waals surface area contributed by atoms with Crippen molar-refractivity contribution in [1.82, 2.24) is 25.2 Å². The van der Waals surface area contributed by atoms with Gasteiger partial charge in [-0.05, 0) is 28.1 Å². The Morgan fingerprint density at radius 2 is 2.08 bits per heavy atom. The number of hydrogen-bond donors (Lipinski definition) is 0. The van der Waals surface area contributed by atoms with E-state index in [9.17, 15) is 4.39 Å². The maximum absolute atomic E-state index is 13.8. The normalized spacial score (nSPS) is 11.7. The average molecular weight is 345 g/mol. The molecule has 0 saturated heterocycles. The third-order valence-electron chi connectivity index (χ3n) is 3.76. The highest BCUT2D eigenvalue weighted by molar-refractivity contribution is 5.30. The van der Waals surface area contributed by atoms with Crippen molar-refractivity contribution in [3.05, 3.63) is 53.3 Å². The summed E-state index contributed by atoms with van der Waals surface area (Å²) in [5, 5.41) is 11.7. The van der Waals surface area contributed by atoms with Crippen molar-refractivity contribution < 1.29 is 13.5 Å². The molecule has 0 aliphatic heterocycles. The Bertz CT molecular complexity index is 866. The van der Waals surface area contributed by atoms with Gasteiger partial charge in [-0.1, -0.05) is 26.8 Å². The van der Waals surface area contributed by atoms with Crippen molar-refractivity contribution in [1.29, 1.82) is 0 Å². The van der Waals surface area contributed by atoms with Gasteiger partial charge in [0.05, 0.1) is 13.3 Å². The quantitative estimate of drug-likeness (QED) is 0.707. The predicted octanol–water partition coefficient (Wildman–Crippen LogP) is 2.75. The minimum atomic E-state index is -0.415. The van der Waals surface area contributed by atoms with E-state index in [2.05, 4.69) is 41.3 Å². The monoisotopic (exact) mass is 345 g/mol. The van der Waals surface area contributed by atoms with Crippen LogP contribution in [0.4, 0.5) is 4.39 Å². The van der Waals surface area contributed by atoms with Gasteiger partial charge < -0.3 is 9.15 Å². The number of hydrogen-bond acceptors (Lipinski definition) is 6. The Morgan fingerprint density at radius 1 is 1.28 bits per heavy atom. The molecule has 0 spiro atoms. The van der Waals surface area contributed by atoms with Gasteiger partial charge in [-0.25, -0.2) is 14.1 Å². The summed E-state index contributed by atoms with van der Waals surface area (Å²) in [6.07, 6.45) is 2.11. The number of tetrazole rings is 1. The molecule has 0 amide bonds. The molecule has 0 fully saturated rings. The SMILES string of the molecule is COc1ccc(Cc2nnnn2Cc2ncc(C(C)(C)C)o2)cc1F. The number of halogens is 1. The number of rotatable bonds is 5. The molecule has 3 aromatic rings. The number of ether oxygens (including phenoxy) is 1. The Labute approximate surface area is 144 Å². The van der Waals surface area contributed by atoms with E-state index in [4.69, 9.17) is 9.15 Å². The second-order valence-electron chi connectivity index (χ2n) is 6.77. The van der Waals surface area contributed by atoms with Gasteiger partial charge in [0, 0.05) is 11.8 Å². The smallest absolute Gasteiger partial charge is 0.216 e. The van der Waals surface area contributed by atoms with E-state index in [-0.39, 0.29) is 11.2 Å². The van der Waals surface area contributed by atoms with Gasteiger partial charge in [-0.2, -0.15) is 0 Å². The Morgan fingerprint density at radius 3 is 2.72 bits per heavy atom. The lowest BCUT2D eigenvalue weighted by Crippen LogP contribution is -2.10. The Balaban J connectivity index is 1.77. The third-order valence-corrected chi connectivity index (χ3v) is 3.76. The summed E-state index contributed by atoms with van der Waals surface area (Å²) in [6.45, 7) is 6.48. The molecule has 0 unspecified atom stereocenters. The topological polar surface area (TPSA) is 78.9 Å². The zero-order valence-corrected chi connectivity index (χ0v) is 14.7. The summed E-state index contributed by atoms with van der Waals surface area (Å²) < 4.78 is 26.1. The molecule has 25 heavy (non-hydrogen) atoms. The van der Waals surface area contributed by atoms with Crippen molar-refractivity contribution in [2.75, 3.05) is 7.11 Å². The first-order chi connectivity index (χ1) is 11.9. The number of methoxy groups -OCH3 is 1. The average Bonchev–Trinajstić information content (AvgIpc) is 3.18. The zero-order chi connectivity index (χ0) is 18.0. The lowest BCUT2D eigenvalue weighted by Gasteiger charge is -2.13. The van der Waals surface area contributed by atoms with Crippen LogP contribution >= 0.6 is 0 Å². The van der Waals surface area contributed by atoms with Gasteiger partial charge in [0.15, 0.2) is 17.4 Å². The van der Waals surface area contributed by atoms with Crippen LogP contribution in [-0.4, -0.2) is 32.3 Å². The van der Waals surface area contributed by atoms with Gasteiger partial charge >= 0.3 is 0 Å². The zero-order valence-electron chi connectivity index (χ0n) is 14.7. The first-order valence-corrected chi connectivity index (χ1v) is 7.89. The first-order valence-electron chi connectivity index (χ1n) is 7.89. The van der Waals surface area contributed by atoms with Gasteiger partial charge in [0.2, 0.25) is 5.89 Å². The molecule has 0 N–H and O–H groups in total. The number of nitrogens with zero attached hydrogens (tertiary/aromatic N) is 5. The molecule has 8 heteroatoms. The Kier molecular flexibility index (Phi) is 4.52. The van der Waals surface area contributed by atoms with E-state index in [1.165, 1.54) is 13.2 Å². The van der Waals surface area contributed by atoms with Gasteiger partial charge in [-0.3, -0.25) is 0 Å². The lowest BCUT2D eigenvalue weighted by molar-refractivity contribution is 0.370. The standard InChI is InChI=1S/C17H20FN5O2/c1-17(2,3)14-9-19-16(25-14)10-23-15(20-21-22-23)8-11-5-6-13(24-4)12(18)7-11/h5-7,9H,8,10H2,1-4H3. The second-order valence-corrected chi connectivity index (χ2v) is 6.77. The van der Waals surface area contributed by atoms with Crippen LogP contribution in [-0.2, 0) is 18.4 Å². The van der Waals surface area contributed by atoms with Crippen LogP contribution in [0.1, 0.15) is 43.8 Å². The summed E-state index contributed by atoms with van der Waals surface area (Å²) >= 11 is 0. The molecule has 2 heterocycles. The molecule has 0 atom stereocenters. The van der Waals surface area contributed by atoms with Crippen LogP contribution in [0.2, 0.25) is 0 Å². The van der Waals surface area contributed by atoms with Gasteiger partial charge in [0.25, 0.3) is 0 Å². The molecule has 2 aromatic heterocycles. The maximum Gasteiger partial charge on any atom is 0.216 e. The van der Waals surface area contributed by atoms with Crippen LogP contribution in [0, 0.1) is 5.82 Å². The van der Waals surface area contributed by atoms with E-state index in [0.29, 0.717) is 24.7 Å². The molecule has 0 radical (unpaired) electrons. The molecule has 0 aliphatic rings. The van der Waals surface area contributed by atoms with E-state index < -0.39 is 5.82 Å². The van der Waals surface area contributed by atoms with E-state index in [1.807, 2.05) is 0 Å². The summed E-state index contributed by atoms with van der Waals surface area (Å²) in [7, 11) is 1.43. The predicted molar refractivity (Wildman–Crippen MR) is 87.9 cm³/mol. The molecular formula is C17H20FN5O2. The molecule has 0 aliphatic carbocycles. The minimum absolute atomic E-state index is 0.116. The molecule has 1 aromatic carbocycles. The second kappa shape index (κ2) is 6.62. The fourth-order valence-electron chi connectivity index (χ4n) is 2.33. The fraction of sp³-hybridized carbons (Fsp3) is 0.412. The summed E-state index contributed by atoms with van der Waals surface area (Å²) in [6, 6.07) is 4.78. The van der Waals surface area contributed by atoms with Crippen LogP contribution in [0.5, 0.6) is 5.75 Å². The number of aromatic nitrogens is 5. The number of oxazole rings is 1. The molecular weight excluding hydrogens is 325 g/mol. The summed E-state index contributed by atoms with van der Waals surface area (Å²) in [5.74, 6) is 1.72. The van der Waals surface area contributed by atoms with Crippen molar-refractivity contribution >= 4 is 0 Å². The minimum Gasteiger partial charge on any atom is -0.494 e. The molecule has 3 rings (SSSR count). The summed E-state index contributed by atoms with van der Waals surface area (Å²) in [5.41, 5.74) is 0.632. The van der Waals surface area contributed by atoms with E-state index in [0.717, 1.165) is 11.3 Å². The highest BCUT2D eigenvalue weighted by Crippen LogP contribution is 2.23. The van der Waals surface area contributed by atoms with Crippen molar-refractivity contribution in [3.63, 3.8) is 0 Å². The summed E-state index contributed by atoms with van der Waals surface area (Å²) in [4.78, 5) is 4.28. The Hall–Kier alpha value is -2.77.